The standard InChI is InChI=1S/C9H10BrNO4/c1-5-8(14-2)6(10)4-7(11(12)13)9(5)15-3/h4H,1-3H3. The zero-order valence-electron chi connectivity index (χ0n) is 8.54. The molecule has 0 radical (unpaired) electrons. The minimum absolute atomic E-state index is 0.0809. The second-order valence-electron chi connectivity index (χ2n) is 2.83. The van der Waals surface area contributed by atoms with Gasteiger partial charge < -0.3 is 9.47 Å². The van der Waals surface area contributed by atoms with Crippen LogP contribution in [0.25, 0.3) is 0 Å². The number of nitro benzene ring substituents is 1. The van der Waals surface area contributed by atoms with E-state index in [1.165, 1.54) is 20.3 Å². The van der Waals surface area contributed by atoms with E-state index >= 15 is 0 Å². The fourth-order valence-corrected chi connectivity index (χ4v) is 2.05. The largest absolute Gasteiger partial charge is 0.495 e. The lowest BCUT2D eigenvalue weighted by Crippen LogP contribution is -1.99. The van der Waals surface area contributed by atoms with E-state index in [1.807, 2.05) is 0 Å². The Bertz CT molecular complexity index is 406. The highest BCUT2D eigenvalue weighted by Gasteiger charge is 2.22. The van der Waals surface area contributed by atoms with E-state index in [0.29, 0.717) is 15.8 Å². The van der Waals surface area contributed by atoms with E-state index in [2.05, 4.69) is 15.9 Å². The molecule has 0 aliphatic rings. The van der Waals surface area contributed by atoms with Gasteiger partial charge in [-0.25, -0.2) is 0 Å². The van der Waals surface area contributed by atoms with Gasteiger partial charge in [0.1, 0.15) is 5.75 Å². The lowest BCUT2D eigenvalue weighted by molar-refractivity contribution is -0.385. The van der Waals surface area contributed by atoms with Crippen molar-refractivity contribution in [1.29, 1.82) is 0 Å². The third kappa shape index (κ3) is 2.04. The molecular formula is C9H10BrNO4. The van der Waals surface area contributed by atoms with Crippen LogP contribution in [0.15, 0.2) is 10.5 Å². The van der Waals surface area contributed by atoms with Gasteiger partial charge in [0.25, 0.3) is 0 Å². The summed E-state index contributed by atoms with van der Waals surface area (Å²) < 4.78 is 10.6. The highest BCUT2D eigenvalue weighted by atomic mass is 79.9. The average Bonchev–Trinajstić information content (AvgIpc) is 2.17. The van der Waals surface area contributed by atoms with Crippen molar-refractivity contribution in [1.82, 2.24) is 0 Å². The maximum atomic E-state index is 10.7. The smallest absolute Gasteiger partial charge is 0.312 e. The number of ether oxygens (including phenoxy) is 2. The number of hydrogen-bond acceptors (Lipinski definition) is 4. The zero-order valence-corrected chi connectivity index (χ0v) is 10.1. The van der Waals surface area contributed by atoms with E-state index in [-0.39, 0.29) is 11.4 Å². The van der Waals surface area contributed by atoms with Crippen LogP contribution in [-0.4, -0.2) is 19.1 Å². The number of rotatable bonds is 3. The molecule has 0 fully saturated rings. The fraction of sp³-hybridized carbons (Fsp3) is 0.333. The highest BCUT2D eigenvalue weighted by molar-refractivity contribution is 9.10. The van der Waals surface area contributed by atoms with Gasteiger partial charge >= 0.3 is 5.69 Å². The van der Waals surface area contributed by atoms with E-state index < -0.39 is 4.92 Å². The van der Waals surface area contributed by atoms with Crippen LogP contribution >= 0.6 is 15.9 Å². The van der Waals surface area contributed by atoms with Gasteiger partial charge in [0.15, 0.2) is 0 Å². The Kier molecular flexibility index (Phi) is 3.52. The molecule has 0 saturated heterocycles. The highest BCUT2D eigenvalue weighted by Crippen LogP contribution is 2.41. The average molecular weight is 276 g/mol. The number of methoxy groups -OCH3 is 2. The first-order chi connectivity index (χ1) is 7.02. The molecule has 0 bridgehead atoms. The Morgan fingerprint density at radius 1 is 1.33 bits per heavy atom. The van der Waals surface area contributed by atoms with Gasteiger partial charge in [0.05, 0.1) is 23.6 Å². The van der Waals surface area contributed by atoms with E-state index in [9.17, 15) is 10.1 Å². The quantitative estimate of drug-likeness (QED) is 0.629. The monoisotopic (exact) mass is 275 g/mol. The van der Waals surface area contributed by atoms with Crippen LogP contribution in [0.2, 0.25) is 0 Å². The molecule has 15 heavy (non-hydrogen) atoms. The van der Waals surface area contributed by atoms with Crippen LogP contribution in [0, 0.1) is 17.0 Å². The Morgan fingerprint density at radius 3 is 2.27 bits per heavy atom. The Hall–Kier alpha value is -1.30. The van der Waals surface area contributed by atoms with Crippen molar-refractivity contribution < 1.29 is 14.4 Å². The van der Waals surface area contributed by atoms with Crippen LogP contribution in [0.4, 0.5) is 5.69 Å². The summed E-state index contributed by atoms with van der Waals surface area (Å²) in [5, 5.41) is 10.7. The van der Waals surface area contributed by atoms with Crippen LogP contribution in [-0.2, 0) is 0 Å². The molecule has 0 heterocycles. The summed E-state index contributed by atoms with van der Waals surface area (Å²) in [6.07, 6.45) is 0. The van der Waals surface area contributed by atoms with Crippen LogP contribution in [0.5, 0.6) is 11.5 Å². The van der Waals surface area contributed by atoms with Crippen LogP contribution in [0.3, 0.4) is 0 Å². The third-order valence-electron chi connectivity index (χ3n) is 2.00. The lowest BCUT2D eigenvalue weighted by atomic mass is 10.1. The summed E-state index contributed by atoms with van der Waals surface area (Å²) in [6, 6.07) is 1.37. The van der Waals surface area contributed by atoms with Crippen molar-refractivity contribution in [3.63, 3.8) is 0 Å². The SMILES string of the molecule is COc1c(Br)cc([N+](=O)[O-])c(OC)c1C. The molecule has 0 N–H and O–H groups in total. The first-order valence-corrected chi connectivity index (χ1v) is 4.87. The van der Waals surface area contributed by atoms with Crippen molar-refractivity contribution >= 4 is 21.6 Å². The number of nitro groups is 1. The number of nitrogens with zero attached hydrogens (tertiary/aromatic N) is 1. The Morgan fingerprint density at radius 2 is 1.87 bits per heavy atom. The molecule has 1 aromatic carbocycles. The predicted octanol–water partition coefficient (Wildman–Crippen LogP) is 2.68. The first kappa shape index (κ1) is 11.8. The molecule has 1 rings (SSSR count). The third-order valence-corrected chi connectivity index (χ3v) is 2.59. The second-order valence-corrected chi connectivity index (χ2v) is 3.68. The van der Waals surface area contributed by atoms with Crippen molar-refractivity contribution in [3.05, 3.63) is 26.2 Å². The summed E-state index contributed by atoms with van der Waals surface area (Å²) in [5.74, 6) is 0.762. The van der Waals surface area contributed by atoms with E-state index in [0.717, 1.165) is 0 Å². The molecule has 6 heteroatoms. The van der Waals surface area contributed by atoms with Crippen molar-refractivity contribution in [2.75, 3.05) is 14.2 Å². The molecule has 1 aromatic rings. The summed E-state index contributed by atoms with van der Waals surface area (Å²) in [7, 11) is 2.89. The van der Waals surface area contributed by atoms with Crippen molar-refractivity contribution in [2.45, 2.75) is 6.92 Å². The van der Waals surface area contributed by atoms with Crippen LogP contribution in [0.1, 0.15) is 5.56 Å². The topological polar surface area (TPSA) is 61.6 Å². The van der Waals surface area contributed by atoms with Gasteiger partial charge in [0.2, 0.25) is 5.75 Å². The van der Waals surface area contributed by atoms with E-state index in [4.69, 9.17) is 9.47 Å². The second kappa shape index (κ2) is 4.48. The molecule has 0 aromatic heterocycles. The summed E-state index contributed by atoms with van der Waals surface area (Å²) in [5.41, 5.74) is 0.517. The maximum Gasteiger partial charge on any atom is 0.312 e. The molecule has 0 amide bonds. The number of hydrogen-bond donors (Lipinski definition) is 0. The molecule has 0 saturated carbocycles. The zero-order chi connectivity index (χ0) is 11.6. The van der Waals surface area contributed by atoms with Gasteiger partial charge in [-0.1, -0.05) is 0 Å². The van der Waals surface area contributed by atoms with Gasteiger partial charge in [-0.15, -0.1) is 0 Å². The molecule has 5 nitrogen and oxygen atoms in total. The Balaban J connectivity index is 3.51. The van der Waals surface area contributed by atoms with Gasteiger partial charge in [-0.2, -0.15) is 0 Å². The molecule has 0 aliphatic heterocycles. The fourth-order valence-electron chi connectivity index (χ4n) is 1.37. The molecule has 0 unspecified atom stereocenters. The minimum atomic E-state index is -0.490. The van der Waals surface area contributed by atoms with E-state index in [1.54, 1.807) is 6.92 Å². The summed E-state index contributed by atoms with van der Waals surface area (Å²) >= 11 is 3.20. The van der Waals surface area contributed by atoms with Crippen LogP contribution < -0.4 is 9.47 Å². The number of halogens is 1. The first-order valence-electron chi connectivity index (χ1n) is 4.08. The van der Waals surface area contributed by atoms with Gasteiger partial charge in [-0.05, 0) is 22.9 Å². The van der Waals surface area contributed by atoms with Gasteiger partial charge in [-0.3, -0.25) is 10.1 Å². The normalized spacial score (nSPS) is 9.87. The summed E-state index contributed by atoms with van der Waals surface area (Å²) in [4.78, 5) is 10.3. The minimum Gasteiger partial charge on any atom is -0.495 e. The van der Waals surface area contributed by atoms with Gasteiger partial charge in [0, 0.05) is 11.6 Å². The summed E-state index contributed by atoms with van der Waals surface area (Å²) in [6.45, 7) is 1.70. The molecule has 82 valence electrons. The van der Waals surface area contributed by atoms with Crippen molar-refractivity contribution in [2.24, 2.45) is 0 Å². The predicted molar refractivity (Wildman–Crippen MR) is 58.6 cm³/mol. The lowest BCUT2D eigenvalue weighted by Gasteiger charge is -2.11. The maximum absolute atomic E-state index is 10.7. The number of benzene rings is 1. The molecular weight excluding hydrogens is 266 g/mol. The molecule has 0 spiro atoms. The van der Waals surface area contributed by atoms with Crippen molar-refractivity contribution in [3.8, 4) is 11.5 Å². The Labute approximate surface area is 95.3 Å². The molecule has 0 aliphatic carbocycles. The molecule has 0 atom stereocenters.